The largest absolute Gasteiger partial charge is 0.396 e. The van der Waals surface area contributed by atoms with E-state index in [0.717, 1.165) is 32.4 Å². The number of rotatable bonds is 3. The summed E-state index contributed by atoms with van der Waals surface area (Å²) in [6, 6.07) is 8.56. The average molecular weight is 273 g/mol. The van der Waals surface area contributed by atoms with Crippen LogP contribution in [0.2, 0.25) is 0 Å². The number of fused-ring (bicyclic) bond motifs is 1. The maximum Gasteiger partial charge on any atom is 0.223 e. The van der Waals surface area contributed by atoms with Crippen molar-refractivity contribution in [3.8, 4) is 0 Å². The van der Waals surface area contributed by atoms with Crippen molar-refractivity contribution in [2.24, 2.45) is 5.92 Å². The van der Waals surface area contributed by atoms with Gasteiger partial charge in [0.1, 0.15) is 0 Å². The quantitative estimate of drug-likeness (QED) is 0.918. The number of benzene rings is 1. The van der Waals surface area contributed by atoms with Gasteiger partial charge in [-0.1, -0.05) is 24.3 Å². The monoisotopic (exact) mass is 273 g/mol. The van der Waals surface area contributed by atoms with Gasteiger partial charge in [0.25, 0.3) is 0 Å². The average Bonchev–Trinajstić information content (AvgIpc) is 2.97. The molecule has 108 valence electrons. The first kappa shape index (κ1) is 13.6. The maximum atomic E-state index is 12.4. The topological polar surface area (TPSA) is 40.5 Å². The maximum absolute atomic E-state index is 12.4. The number of likely N-dealkylation sites (tertiary alicyclic amines) is 1. The summed E-state index contributed by atoms with van der Waals surface area (Å²) in [7, 11) is 0. The minimum Gasteiger partial charge on any atom is -0.396 e. The Morgan fingerprint density at radius 3 is 2.95 bits per heavy atom. The third-order valence-corrected chi connectivity index (χ3v) is 4.81. The fraction of sp³-hybridized carbons (Fsp3) is 0.588. The molecule has 3 heteroatoms. The van der Waals surface area contributed by atoms with Gasteiger partial charge in [0, 0.05) is 32.0 Å². The lowest BCUT2D eigenvalue weighted by molar-refractivity contribution is -0.130. The molecular formula is C17H23NO2. The van der Waals surface area contributed by atoms with E-state index in [1.54, 1.807) is 0 Å². The smallest absolute Gasteiger partial charge is 0.223 e. The van der Waals surface area contributed by atoms with Gasteiger partial charge in [-0.15, -0.1) is 0 Å². The van der Waals surface area contributed by atoms with Gasteiger partial charge in [-0.05, 0) is 42.7 Å². The van der Waals surface area contributed by atoms with E-state index in [-0.39, 0.29) is 18.4 Å². The third-order valence-electron chi connectivity index (χ3n) is 4.81. The van der Waals surface area contributed by atoms with Crippen molar-refractivity contribution in [3.63, 3.8) is 0 Å². The van der Waals surface area contributed by atoms with Crippen LogP contribution in [0.4, 0.5) is 0 Å². The van der Waals surface area contributed by atoms with Gasteiger partial charge in [-0.2, -0.15) is 0 Å². The Hall–Kier alpha value is -1.35. The zero-order valence-corrected chi connectivity index (χ0v) is 11.9. The summed E-state index contributed by atoms with van der Waals surface area (Å²) in [6.45, 7) is 1.76. The van der Waals surface area contributed by atoms with Gasteiger partial charge in [0.05, 0.1) is 0 Å². The van der Waals surface area contributed by atoms with Crippen molar-refractivity contribution in [2.45, 2.75) is 38.0 Å². The first-order valence-electron chi connectivity index (χ1n) is 7.74. The van der Waals surface area contributed by atoms with E-state index >= 15 is 0 Å². The molecule has 2 atom stereocenters. The van der Waals surface area contributed by atoms with Crippen LogP contribution >= 0.6 is 0 Å². The third kappa shape index (κ3) is 2.73. The number of nitrogens with zero attached hydrogens (tertiary/aromatic N) is 1. The molecule has 0 aromatic heterocycles. The first-order chi connectivity index (χ1) is 9.78. The van der Waals surface area contributed by atoms with Crippen LogP contribution in [-0.4, -0.2) is 35.6 Å². The Bertz CT molecular complexity index is 486. The molecular weight excluding hydrogens is 250 g/mol. The van der Waals surface area contributed by atoms with Crippen molar-refractivity contribution < 1.29 is 9.90 Å². The van der Waals surface area contributed by atoms with Crippen molar-refractivity contribution in [3.05, 3.63) is 35.4 Å². The van der Waals surface area contributed by atoms with Gasteiger partial charge in [-0.25, -0.2) is 0 Å². The summed E-state index contributed by atoms with van der Waals surface area (Å²) in [5.41, 5.74) is 2.80. The molecule has 1 aromatic carbocycles. The van der Waals surface area contributed by atoms with Crippen LogP contribution in [0.3, 0.4) is 0 Å². The van der Waals surface area contributed by atoms with Crippen LogP contribution in [0.25, 0.3) is 0 Å². The fourth-order valence-corrected chi connectivity index (χ4v) is 3.61. The van der Waals surface area contributed by atoms with Crippen LogP contribution in [0, 0.1) is 5.92 Å². The lowest BCUT2D eigenvalue weighted by atomic mass is 9.81. The molecule has 1 fully saturated rings. The Morgan fingerprint density at radius 2 is 2.15 bits per heavy atom. The minimum atomic E-state index is 0.204. The number of aryl methyl sites for hydroxylation is 1. The molecule has 1 saturated heterocycles. The Morgan fingerprint density at radius 1 is 1.30 bits per heavy atom. The summed E-state index contributed by atoms with van der Waals surface area (Å²) in [5.74, 6) is 0.945. The highest BCUT2D eigenvalue weighted by Crippen LogP contribution is 2.34. The lowest BCUT2D eigenvalue weighted by Crippen LogP contribution is -2.30. The molecule has 20 heavy (non-hydrogen) atoms. The normalized spacial score (nSPS) is 25.6. The van der Waals surface area contributed by atoms with E-state index in [1.165, 1.54) is 17.5 Å². The van der Waals surface area contributed by atoms with E-state index in [1.807, 2.05) is 4.90 Å². The summed E-state index contributed by atoms with van der Waals surface area (Å²) in [5, 5.41) is 9.18. The summed E-state index contributed by atoms with van der Waals surface area (Å²) in [4.78, 5) is 14.4. The SMILES string of the molecule is O=C(CC1CCCc2ccccc21)N1CCC(CO)C1. The second kappa shape index (κ2) is 5.96. The van der Waals surface area contributed by atoms with Crippen molar-refractivity contribution >= 4 is 5.91 Å². The van der Waals surface area contributed by atoms with Crippen molar-refractivity contribution in [2.75, 3.05) is 19.7 Å². The standard InChI is InChI=1S/C17H23NO2/c19-12-13-8-9-18(11-13)17(20)10-15-6-3-5-14-4-1-2-7-16(14)15/h1-2,4,7,13,15,19H,3,5-6,8-12H2. The number of amides is 1. The van der Waals surface area contributed by atoms with E-state index < -0.39 is 0 Å². The number of carbonyl (C=O) groups is 1. The molecule has 1 aromatic rings. The molecule has 3 nitrogen and oxygen atoms in total. The van der Waals surface area contributed by atoms with Crippen LogP contribution < -0.4 is 0 Å². The number of hydrogen-bond acceptors (Lipinski definition) is 2. The molecule has 0 spiro atoms. The number of hydrogen-bond donors (Lipinski definition) is 1. The Kier molecular flexibility index (Phi) is 4.06. The fourth-order valence-electron chi connectivity index (χ4n) is 3.61. The van der Waals surface area contributed by atoms with Crippen LogP contribution in [-0.2, 0) is 11.2 Å². The van der Waals surface area contributed by atoms with Gasteiger partial charge < -0.3 is 10.0 Å². The molecule has 2 aliphatic rings. The van der Waals surface area contributed by atoms with Crippen LogP contribution in [0.1, 0.15) is 42.7 Å². The predicted octanol–water partition coefficient (Wildman–Crippen LogP) is 2.34. The van der Waals surface area contributed by atoms with Gasteiger partial charge in [-0.3, -0.25) is 4.79 Å². The molecule has 1 amide bonds. The first-order valence-corrected chi connectivity index (χ1v) is 7.74. The molecule has 1 aliphatic heterocycles. The van der Waals surface area contributed by atoms with Crippen LogP contribution in [0.15, 0.2) is 24.3 Å². The van der Waals surface area contributed by atoms with E-state index in [4.69, 9.17) is 0 Å². The number of aliphatic hydroxyl groups excluding tert-OH is 1. The van der Waals surface area contributed by atoms with Crippen molar-refractivity contribution in [1.82, 2.24) is 4.90 Å². The highest BCUT2D eigenvalue weighted by Gasteiger charge is 2.29. The van der Waals surface area contributed by atoms with Crippen LogP contribution in [0.5, 0.6) is 0 Å². The molecule has 3 rings (SSSR count). The molecule has 1 aliphatic carbocycles. The van der Waals surface area contributed by atoms with Gasteiger partial charge in [0.2, 0.25) is 5.91 Å². The molecule has 1 heterocycles. The summed E-state index contributed by atoms with van der Waals surface area (Å²) in [6.07, 6.45) is 5.05. The van der Waals surface area contributed by atoms with Gasteiger partial charge in [0.15, 0.2) is 0 Å². The molecule has 2 unspecified atom stereocenters. The minimum absolute atomic E-state index is 0.204. The summed E-state index contributed by atoms with van der Waals surface area (Å²) >= 11 is 0. The molecule has 1 N–H and O–H groups in total. The van der Waals surface area contributed by atoms with E-state index in [2.05, 4.69) is 24.3 Å². The van der Waals surface area contributed by atoms with Crippen molar-refractivity contribution in [1.29, 1.82) is 0 Å². The number of carbonyl (C=O) groups excluding carboxylic acids is 1. The molecule has 0 radical (unpaired) electrons. The Labute approximate surface area is 120 Å². The lowest BCUT2D eigenvalue weighted by Gasteiger charge is -2.27. The predicted molar refractivity (Wildman–Crippen MR) is 78.5 cm³/mol. The zero-order chi connectivity index (χ0) is 13.9. The van der Waals surface area contributed by atoms with Gasteiger partial charge >= 0.3 is 0 Å². The highest BCUT2D eigenvalue weighted by atomic mass is 16.3. The molecule has 0 saturated carbocycles. The summed E-state index contributed by atoms with van der Waals surface area (Å²) < 4.78 is 0. The van der Waals surface area contributed by atoms with E-state index in [9.17, 15) is 9.90 Å². The Balaban J connectivity index is 1.65. The highest BCUT2D eigenvalue weighted by molar-refractivity contribution is 5.77. The number of aliphatic hydroxyl groups is 1. The second-order valence-corrected chi connectivity index (χ2v) is 6.17. The second-order valence-electron chi connectivity index (χ2n) is 6.17. The zero-order valence-electron chi connectivity index (χ0n) is 11.9. The van der Waals surface area contributed by atoms with E-state index in [0.29, 0.717) is 12.3 Å². The molecule has 0 bridgehead atoms.